The number of hydrogen-bond acceptors (Lipinski definition) is 3. The molecule has 1 aliphatic rings. The molecule has 1 fully saturated rings. The Hall–Kier alpha value is -0.580. The van der Waals surface area contributed by atoms with E-state index in [1.807, 2.05) is 26.0 Å². The van der Waals surface area contributed by atoms with Gasteiger partial charge in [-0.1, -0.05) is 22.0 Å². The first-order valence-electron chi connectivity index (χ1n) is 6.96. The Morgan fingerprint density at radius 1 is 1.53 bits per heavy atom. The van der Waals surface area contributed by atoms with Gasteiger partial charge in [-0.15, -0.1) is 0 Å². The van der Waals surface area contributed by atoms with E-state index in [1.54, 1.807) is 0 Å². The van der Waals surface area contributed by atoms with Gasteiger partial charge in [0.25, 0.3) is 0 Å². The molecule has 0 bridgehead atoms. The lowest BCUT2D eigenvalue weighted by Gasteiger charge is -2.35. The van der Waals surface area contributed by atoms with Crippen molar-refractivity contribution in [2.24, 2.45) is 0 Å². The summed E-state index contributed by atoms with van der Waals surface area (Å²) in [5, 5.41) is 9.92. The van der Waals surface area contributed by atoms with E-state index < -0.39 is 6.10 Å². The molecule has 1 saturated heterocycles. The number of benzene rings is 1. The standard InChI is InChI=1S/C15H22BrNO2/c1-3-19-13-5-4-8-17(10-13)15-9-12(16)6-7-14(15)11(2)18/h6-7,9,11,13,18H,3-5,8,10H2,1-2H3. The lowest BCUT2D eigenvalue weighted by atomic mass is 10.0. The number of rotatable bonds is 4. The Balaban J connectivity index is 2.22. The van der Waals surface area contributed by atoms with E-state index in [0.29, 0.717) is 6.10 Å². The van der Waals surface area contributed by atoms with Crippen molar-refractivity contribution in [3.8, 4) is 0 Å². The minimum absolute atomic E-state index is 0.305. The zero-order valence-electron chi connectivity index (χ0n) is 11.6. The molecule has 19 heavy (non-hydrogen) atoms. The van der Waals surface area contributed by atoms with Crippen LogP contribution < -0.4 is 4.90 Å². The first-order valence-corrected chi connectivity index (χ1v) is 7.75. The number of ether oxygens (including phenoxy) is 1. The highest BCUT2D eigenvalue weighted by Gasteiger charge is 2.23. The maximum atomic E-state index is 9.92. The van der Waals surface area contributed by atoms with Crippen LogP contribution in [0.2, 0.25) is 0 Å². The molecular weight excluding hydrogens is 306 g/mol. The second kappa shape index (κ2) is 6.73. The van der Waals surface area contributed by atoms with E-state index in [9.17, 15) is 5.11 Å². The highest BCUT2D eigenvalue weighted by atomic mass is 79.9. The van der Waals surface area contributed by atoms with Gasteiger partial charge in [-0.3, -0.25) is 0 Å². The summed E-state index contributed by atoms with van der Waals surface area (Å²) in [5.74, 6) is 0. The topological polar surface area (TPSA) is 32.7 Å². The predicted molar refractivity (Wildman–Crippen MR) is 81.6 cm³/mol. The Morgan fingerprint density at radius 2 is 2.32 bits per heavy atom. The maximum absolute atomic E-state index is 9.92. The number of anilines is 1. The molecule has 0 aromatic heterocycles. The fraction of sp³-hybridized carbons (Fsp3) is 0.600. The van der Waals surface area contributed by atoms with Crippen LogP contribution in [-0.4, -0.2) is 30.9 Å². The van der Waals surface area contributed by atoms with E-state index in [-0.39, 0.29) is 0 Å². The average Bonchev–Trinajstić information content (AvgIpc) is 2.39. The fourth-order valence-corrected chi connectivity index (χ4v) is 3.02. The third-order valence-corrected chi connectivity index (χ3v) is 4.06. The highest BCUT2D eigenvalue weighted by molar-refractivity contribution is 9.10. The summed E-state index contributed by atoms with van der Waals surface area (Å²) in [5.41, 5.74) is 2.11. The van der Waals surface area contributed by atoms with Gasteiger partial charge in [0.05, 0.1) is 12.2 Å². The molecule has 2 rings (SSSR count). The van der Waals surface area contributed by atoms with E-state index >= 15 is 0 Å². The quantitative estimate of drug-likeness (QED) is 0.918. The molecule has 2 unspecified atom stereocenters. The Bertz CT molecular complexity index is 421. The van der Waals surface area contributed by atoms with Crippen LogP contribution >= 0.6 is 15.9 Å². The predicted octanol–water partition coefficient (Wildman–Crippen LogP) is 3.51. The molecule has 1 heterocycles. The van der Waals surface area contributed by atoms with Gasteiger partial charge in [0.2, 0.25) is 0 Å². The summed E-state index contributed by atoms with van der Waals surface area (Å²) in [6.45, 7) is 6.56. The number of aliphatic hydroxyl groups is 1. The van der Waals surface area contributed by atoms with Gasteiger partial charge in [0.15, 0.2) is 0 Å². The maximum Gasteiger partial charge on any atom is 0.0782 e. The third kappa shape index (κ3) is 3.71. The minimum Gasteiger partial charge on any atom is -0.389 e. The smallest absolute Gasteiger partial charge is 0.0782 e. The molecule has 106 valence electrons. The van der Waals surface area contributed by atoms with Crippen molar-refractivity contribution in [2.45, 2.75) is 38.9 Å². The van der Waals surface area contributed by atoms with Crippen molar-refractivity contribution < 1.29 is 9.84 Å². The molecule has 1 aromatic carbocycles. The molecule has 0 radical (unpaired) electrons. The van der Waals surface area contributed by atoms with E-state index in [0.717, 1.165) is 48.3 Å². The van der Waals surface area contributed by atoms with E-state index in [2.05, 4.69) is 26.9 Å². The molecule has 1 aliphatic heterocycles. The largest absolute Gasteiger partial charge is 0.389 e. The van der Waals surface area contributed by atoms with Crippen LogP contribution in [0.4, 0.5) is 5.69 Å². The van der Waals surface area contributed by atoms with Crippen LogP contribution in [0.25, 0.3) is 0 Å². The lowest BCUT2D eigenvalue weighted by molar-refractivity contribution is 0.0525. The molecule has 1 N–H and O–H groups in total. The second-order valence-electron chi connectivity index (χ2n) is 5.04. The lowest BCUT2D eigenvalue weighted by Crippen LogP contribution is -2.40. The zero-order valence-corrected chi connectivity index (χ0v) is 13.2. The van der Waals surface area contributed by atoms with Crippen LogP contribution in [0, 0.1) is 0 Å². The SMILES string of the molecule is CCOC1CCCN(c2cc(Br)ccc2C(C)O)C1. The van der Waals surface area contributed by atoms with E-state index in [1.165, 1.54) is 0 Å². The molecule has 0 amide bonds. The Labute approximate surface area is 123 Å². The minimum atomic E-state index is -0.449. The van der Waals surface area contributed by atoms with Crippen LogP contribution in [-0.2, 0) is 4.74 Å². The van der Waals surface area contributed by atoms with Gasteiger partial charge >= 0.3 is 0 Å². The Kier molecular flexibility index (Phi) is 5.25. The second-order valence-corrected chi connectivity index (χ2v) is 5.96. The molecule has 4 heteroatoms. The van der Waals surface area contributed by atoms with Gasteiger partial charge in [-0.25, -0.2) is 0 Å². The highest BCUT2D eigenvalue weighted by Crippen LogP contribution is 2.31. The molecule has 0 saturated carbocycles. The van der Waals surface area contributed by atoms with Crippen molar-refractivity contribution in [1.82, 2.24) is 0 Å². The van der Waals surface area contributed by atoms with Gasteiger partial charge < -0.3 is 14.7 Å². The molecule has 0 aliphatic carbocycles. The van der Waals surface area contributed by atoms with Crippen LogP contribution in [0.15, 0.2) is 22.7 Å². The van der Waals surface area contributed by atoms with Crippen molar-refractivity contribution >= 4 is 21.6 Å². The zero-order chi connectivity index (χ0) is 13.8. The Morgan fingerprint density at radius 3 is 3.00 bits per heavy atom. The summed E-state index contributed by atoms with van der Waals surface area (Å²) >= 11 is 3.52. The molecule has 3 nitrogen and oxygen atoms in total. The fourth-order valence-electron chi connectivity index (χ4n) is 2.67. The number of piperidine rings is 1. The third-order valence-electron chi connectivity index (χ3n) is 3.56. The number of aliphatic hydroxyl groups excluding tert-OH is 1. The molecular formula is C15H22BrNO2. The van der Waals surface area contributed by atoms with Gasteiger partial charge in [-0.05, 0) is 38.8 Å². The van der Waals surface area contributed by atoms with Gasteiger partial charge in [0.1, 0.15) is 0 Å². The van der Waals surface area contributed by atoms with Crippen LogP contribution in [0.1, 0.15) is 38.4 Å². The van der Waals surface area contributed by atoms with Crippen LogP contribution in [0.5, 0.6) is 0 Å². The van der Waals surface area contributed by atoms with Gasteiger partial charge in [0, 0.05) is 35.4 Å². The van der Waals surface area contributed by atoms with Gasteiger partial charge in [-0.2, -0.15) is 0 Å². The van der Waals surface area contributed by atoms with Crippen molar-refractivity contribution in [2.75, 3.05) is 24.6 Å². The molecule has 1 aromatic rings. The summed E-state index contributed by atoms with van der Waals surface area (Å²) < 4.78 is 6.80. The summed E-state index contributed by atoms with van der Waals surface area (Å²) in [6, 6.07) is 6.07. The molecule has 2 atom stereocenters. The van der Waals surface area contributed by atoms with Crippen molar-refractivity contribution in [3.05, 3.63) is 28.2 Å². The van der Waals surface area contributed by atoms with E-state index in [4.69, 9.17) is 4.74 Å². The summed E-state index contributed by atoms with van der Waals surface area (Å²) in [7, 11) is 0. The normalized spacial score (nSPS) is 21.5. The first kappa shape index (κ1) is 14.8. The monoisotopic (exact) mass is 327 g/mol. The average molecular weight is 328 g/mol. The summed E-state index contributed by atoms with van der Waals surface area (Å²) in [6.07, 6.45) is 2.12. The first-order chi connectivity index (χ1) is 9.11. The molecule has 0 spiro atoms. The summed E-state index contributed by atoms with van der Waals surface area (Å²) in [4.78, 5) is 2.33. The van der Waals surface area contributed by atoms with Crippen LogP contribution in [0.3, 0.4) is 0 Å². The number of hydrogen-bond donors (Lipinski definition) is 1. The number of halogens is 1. The number of nitrogens with zero attached hydrogens (tertiary/aromatic N) is 1. The van der Waals surface area contributed by atoms with Crippen molar-refractivity contribution in [1.29, 1.82) is 0 Å². The van der Waals surface area contributed by atoms with Crippen molar-refractivity contribution in [3.63, 3.8) is 0 Å².